The lowest BCUT2D eigenvalue weighted by Gasteiger charge is -2.26. The van der Waals surface area contributed by atoms with Gasteiger partial charge in [-0.05, 0) is 36.5 Å². The number of fused-ring (bicyclic) bond motifs is 3. The number of anilines is 1. The molecule has 166 valence electrons. The smallest absolute Gasteiger partial charge is 0.146 e. The van der Waals surface area contributed by atoms with Crippen molar-refractivity contribution in [2.24, 2.45) is 0 Å². The Bertz CT molecular complexity index is 1140. The van der Waals surface area contributed by atoms with Crippen molar-refractivity contribution in [3.8, 4) is 0 Å². The predicted molar refractivity (Wildman–Crippen MR) is 129 cm³/mol. The Morgan fingerprint density at radius 2 is 1.88 bits per heavy atom. The van der Waals surface area contributed by atoms with Gasteiger partial charge >= 0.3 is 0 Å². The van der Waals surface area contributed by atoms with E-state index in [2.05, 4.69) is 51.5 Å². The zero-order chi connectivity index (χ0) is 21.3. The summed E-state index contributed by atoms with van der Waals surface area (Å²) in [5.41, 5.74) is 4.08. The Morgan fingerprint density at radius 1 is 1.00 bits per heavy atom. The molecule has 2 aliphatic heterocycles. The highest BCUT2D eigenvalue weighted by atomic mass is 32.1. The van der Waals surface area contributed by atoms with Crippen LogP contribution in [-0.2, 0) is 30.7 Å². The molecule has 0 spiro atoms. The van der Waals surface area contributed by atoms with Crippen LogP contribution in [0.2, 0.25) is 0 Å². The maximum Gasteiger partial charge on any atom is 0.146 e. The lowest BCUT2D eigenvalue weighted by atomic mass is 10.2. The molecule has 3 aromatic rings. The number of aromatic nitrogens is 2. The summed E-state index contributed by atoms with van der Waals surface area (Å²) in [6.45, 7) is 7.14. The number of benzene rings is 1. The van der Waals surface area contributed by atoms with Gasteiger partial charge in [-0.3, -0.25) is 9.80 Å². The zero-order valence-electron chi connectivity index (χ0n) is 18.3. The van der Waals surface area contributed by atoms with Crippen LogP contribution in [0.25, 0.3) is 10.2 Å². The van der Waals surface area contributed by atoms with Crippen molar-refractivity contribution in [1.29, 1.82) is 0 Å². The van der Waals surface area contributed by atoms with E-state index in [1.807, 2.05) is 11.3 Å². The maximum absolute atomic E-state index is 5.51. The first kappa shape index (κ1) is 20.3. The normalized spacial score (nSPS) is 19.4. The van der Waals surface area contributed by atoms with Gasteiger partial charge in [0, 0.05) is 43.3 Å². The van der Waals surface area contributed by atoms with E-state index in [4.69, 9.17) is 14.7 Å². The third-order valence-electron chi connectivity index (χ3n) is 6.60. The third kappa shape index (κ3) is 4.18. The van der Waals surface area contributed by atoms with Crippen molar-refractivity contribution in [1.82, 2.24) is 19.8 Å². The molecule has 1 aliphatic carbocycles. The number of ether oxygens (including phenoxy) is 1. The molecule has 0 unspecified atom stereocenters. The molecule has 1 saturated heterocycles. The summed E-state index contributed by atoms with van der Waals surface area (Å²) in [4.78, 5) is 17.6. The summed E-state index contributed by atoms with van der Waals surface area (Å²) in [6.07, 6.45) is 5.89. The highest BCUT2D eigenvalue weighted by molar-refractivity contribution is 7.19. The van der Waals surface area contributed by atoms with E-state index in [9.17, 15) is 0 Å². The maximum atomic E-state index is 5.51. The Balaban J connectivity index is 1.24. The molecule has 6 rings (SSSR count). The monoisotopic (exact) mass is 447 g/mol. The minimum absolute atomic E-state index is 0.787. The highest BCUT2D eigenvalue weighted by Crippen LogP contribution is 2.40. The number of nitrogens with one attached hydrogen (secondary N) is 1. The van der Waals surface area contributed by atoms with Gasteiger partial charge in [0.05, 0.1) is 25.1 Å². The molecule has 0 atom stereocenters. The van der Waals surface area contributed by atoms with Crippen LogP contribution in [-0.4, -0.2) is 59.2 Å². The van der Waals surface area contributed by atoms with Crippen LogP contribution in [0.4, 0.5) is 5.82 Å². The molecular formula is C25H29N5OS. The molecule has 1 aromatic carbocycles. The van der Waals surface area contributed by atoms with E-state index in [0.29, 0.717) is 0 Å². The van der Waals surface area contributed by atoms with Crippen LogP contribution in [0.5, 0.6) is 0 Å². The topological polar surface area (TPSA) is 53.5 Å². The van der Waals surface area contributed by atoms with Gasteiger partial charge in [0.2, 0.25) is 0 Å². The lowest BCUT2D eigenvalue weighted by Crippen LogP contribution is -2.36. The van der Waals surface area contributed by atoms with Gasteiger partial charge in [0.15, 0.2) is 0 Å². The summed E-state index contributed by atoms with van der Waals surface area (Å²) < 4.78 is 5.51. The van der Waals surface area contributed by atoms with Crippen LogP contribution >= 0.6 is 11.3 Å². The number of rotatable bonds is 6. The summed E-state index contributed by atoms with van der Waals surface area (Å²) >= 11 is 1.87. The standard InChI is InChI=1S/C25H29N5OS/c1-2-5-18(6-3-1)15-30-10-9-19(16-30)26-24-23-20-7-4-8-21(20)32-25(23)28-22(27-24)17-29-11-13-31-14-12-29/h1-3,5-6,9H,4,7-8,10-17H2,(H,26,27,28). The van der Waals surface area contributed by atoms with Crippen molar-refractivity contribution in [2.45, 2.75) is 32.4 Å². The van der Waals surface area contributed by atoms with Crippen LogP contribution < -0.4 is 5.32 Å². The average molecular weight is 448 g/mol. The minimum atomic E-state index is 0.787. The fourth-order valence-corrected chi connectivity index (χ4v) is 6.25. The summed E-state index contributed by atoms with van der Waals surface area (Å²) in [5, 5.41) is 4.98. The first-order valence-electron chi connectivity index (χ1n) is 11.7. The quantitative estimate of drug-likeness (QED) is 0.620. The SMILES string of the molecule is C1=C(Nc2nc(CN3CCOCC3)nc3sc4c(c23)CCC4)CN(Cc2ccccc2)C1. The molecule has 0 amide bonds. The van der Waals surface area contributed by atoms with Gasteiger partial charge < -0.3 is 10.1 Å². The molecule has 1 fully saturated rings. The number of hydrogen-bond acceptors (Lipinski definition) is 7. The summed E-state index contributed by atoms with van der Waals surface area (Å²) in [5.74, 6) is 1.92. The van der Waals surface area contributed by atoms with E-state index in [1.165, 1.54) is 39.9 Å². The third-order valence-corrected chi connectivity index (χ3v) is 7.78. The van der Waals surface area contributed by atoms with Gasteiger partial charge in [-0.15, -0.1) is 11.3 Å². The zero-order valence-corrected chi connectivity index (χ0v) is 19.2. The van der Waals surface area contributed by atoms with Crippen LogP contribution in [0.1, 0.15) is 28.2 Å². The number of nitrogens with zero attached hydrogens (tertiary/aromatic N) is 4. The second kappa shape index (κ2) is 8.90. The Kier molecular flexibility index (Phi) is 5.65. The van der Waals surface area contributed by atoms with E-state index >= 15 is 0 Å². The molecule has 2 aromatic heterocycles. The van der Waals surface area contributed by atoms with Crippen molar-refractivity contribution >= 4 is 27.4 Å². The highest BCUT2D eigenvalue weighted by Gasteiger charge is 2.24. The first-order chi connectivity index (χ1) is 15.8. The number of hydrogen-bond donors (Lipinski definition) is 1. The largest absolute Gasteiger partial charge is 0.379 e. The molecule has 7 heteroatoms. The molecule has 4 heterocycles. The van der Waals surface area contributed by atoms with E-state index in [0.717, 1.165) is 75.4 Å². The number of morpholine rings is 1. The van der Waals surface area contributed by atoms with Crippen LogP contribution in [0.15, 0.2) is 42.1 Å². The van der Waals surface area contributed by atoms with Crippen molar-refractivity contribution in [3.63, 3.8) is 0 Å². The molecule has 0 radical (unpaired) electrons. The fraction of sp³-hybridized carbons (Fsp3) is 0.440. The molecule has 1 N–H and O–H groups in total. The first-order valence-corrected chi connectivity index (χ1v) is 12.5. The van der Waals surface area contributed by atoms with Crippen molar-refractivity contribution in [3.05, 3.63) is 63.9 Å². The van der Waals surface area contributed by atoms with Crippen molar-refractivity contribution in [2.75, 3.05) is 44.7 Å². The van der Waals surface area contributed by atoms with Crippen molar-refractivity contribution < 1.29 is 4.74 Å². The van der Waals surface area contributed by atoms with E-state index < -0.39 is 0 Å². The Hall–Kier alpha value is -2.32. The molecular weight excluding hydrogens is 418 g/mol. The van der Waals surface area contributed by atoms with E-state index in [-0.39, 0.29) is 0 Å². The molecule has 6 nitrogen and oxygen atoms in total. The average Bonchev–Trinajstić information content (AvgIpc) is 3.52. The van der Waals surface area contributed by atoms with E-state index in [1.54, 1.807) is 0 Å². The van der Waals surface area contributed by atoms with Gasteiger partial charge in [-0.2, -0.15) is 0 Å². The second-order valence-electron chi connectivity index (χ2n) is 8.92. The lowest BCUT2D eigenvalue weighted by molar-refractivity contribution is 0.0331. The van der Waals surface area contributed by atoms with Crippen LogP contribution in [0, 0.1) is 0 Å². The predicted octanol–water partition coefficient (Wildman–Crippen LogP) is 3.82. The number of thiophene rings is 1. The molecule has 0 saturated carbocycles. The van der Waals surface area contributed by atoms with Gasteiger partial charge in [0.25, 0.3) is 0 Å². The molecule has 32 heavy (non-hydrogen) atoms. The van der Waals surface area contributed by atoms with Crippen LogP contribution in [0.3, 0.4) is 0 Å². The minimum Gasteiger partial charge on any atom is -0.379 e. The van der Waals surface area contributed by atoms with Gasteiger partial charge in [-0.25, -0.2) is 9.97 Å². The molecule has 3 aliphatic rings. The summed E-state index contributed by atoms with van der Waals surface area (Å²) in [7, 11) is 0. The Labute approximate surface area is 192 Å². The Morgan fingerprint density at radius 3 is 2.75 bits per heavy atom. The fourth-order valence-electron chi connectivity index (χ4n) is 4.97. The second-order valence-corrected chi connectivity index (χ2v) is 10.0. The number of aryl methyl sites for hydroxylation is 2. The molecule has 0 bridgehead atoms. The van der Waals surface area contributed by atoms with Gasteiger partial charge in [-0.1, -0.05) is 30.3 Å². The summed E-state index contributed by atoms with van der Waals surface area (Å²) in [6, 6.07) is 10.7. The van der Waals surface area contributed by atoms with Gasteiger partial charge in [0.1, 0.15) is 16.5 Å².